The number of thiophene rings is 1. The summed E-state index contributed by atoms with van der Waals surface area (Å²) in [6.45, 7) is 5.76. The maximum Gasteiger partial charge on any atom is 0.263 e. The molecule has 3 rings (SSSR count). The van der Waals surface area contributed by atoms with E-state index in [1.165, 1.54) is 16.9 Å². The van der Waals surface area contributed by atoms with Crippen molar-refractivity contribution >= 4 is 23.2 Å². The summed E-state index contributed by atoms with van der Waals surface area (Å²) in [5.41, 5.74) is 1.21. The summed E-state index contributed by atoms with van der Waals surface area (Å²) in [5.74, 6) is 0.394. The Morgan fingerprint density at radius 2 is 2.00 bits per heavy atom. The number of carbonyl (C=O) groups excluding carboxylic acids is 2. The van der Waals surface area contributed by atoms with Gasteiger partial charge in [0.2, 0.25) is 5.91 Å². The molecular formula is C18H26N2O2S. The highest BCUT2D eigenvalue weighted by atomic mass is 32.1. The average molecular weight is 334 g/mol. The van der Waals surface area contributed by atoms with Crippen molar-refractivity contribution in [3.05, 3.63) is 21.4 Å². The Morgan fingerprint density at radius 1 is 1.26 bits per heavy atom. The molecule has 0 spiro atoms. The second-order valence-corrected chi connectivity index (χ2v) is 8.15. The van der Waals surface area contributed by atoms with Crippen LogP contribution in [0, 0.1) is 5.92 Å². The molecule has 4 nitrogen and oxygen atoms in total. The number of aryl methyl sites for hydroxylation is 1. The minimum atomic E-state index is 0.0532. The van der Waals surface area contributed by atoms with E-state index < -0.39 is 0 Å². The lowest BCUT2D eigenvalue weighted by Crippen LogP contribution is -2.37. The Labute approximate surface area is 142 Å². The SMILES string of the molecule is CC(C)NC(=O)C1CCc2sc(C(=O)N3CCCCC3)cc2C1. The summed E-state index contributed by atoms with van der Waals surface area (Å²) in [4.78, 5) is 29.0. The molecule has 1 aliphatic carbocycles. The first-order chi connectivity index (χ1) is 11.0. The zero-order valence-corrected chi connectivity index (χ0v) is 14.9. The summed E-state index contributed by atoms with van der Waals surface area (Å²) in [7, 11) is 0. The number of carbonyl (C=O) groups is 2. The monoisotopic (exact) mass is 334 g/mol. The fraction of sp³-hybridized carbons (Fsp3) is 0.667. The summed E-state index contributed by atoms with van der Waals surface area (Å²) in [6, 6.07) is 2.23. The van der Waals surface area contributed by atoms with Gasteiger partial charge in [0, 0.05) is 29.9 Å². The van der Waals surface area contributed by atoms with Gasteiger partial charge in [0.1, 0.15) is 0 Å². The summed E-state index contributed by atoms with van der Waals surface area (Å²) < 4.78 is 0. The predicted octanol–water partition coefficient (Wildman–Crippen LogP) is 3.00. The van der Waals surface area contributed by atoms with Crippen molar-refractivity contribution in [1.29, 1.82) is 0 Å². The molecule has 1 aliphatic heterocycles. The number of rotatable bonds is 3. The van der Waals surface area contributed by atoms with Gasteiger partial charge in [0.05, 0.1) is 4.88 Å². The fourth-order valence-electron chi connectivity index (χ4n) is 3.51. The molecule has 0 aromatic carbocycles. The number of piperidine rings is 1. The fourth-order valence-corrected chi connectivity index (χ4v) is 4.68. The maximum absolute atomic E-state index is 12.6. The molecule has 1 N–H and O–H groups in total. The first-order valence-electron chi connectivity index (χ1n) is 8.76. The van der Waals surface area contributed by atoms with Crippen LogP contribution in [0.5, 0.6) is 0 Å². The van der Waals surface area contributed by atoms with Crippen LogP contribution in [-0.4, -0.2) is 35.8 Å². The van der Waals surface area contributed by atoms with Gasteiger partial charge < -0.3 is 10.2 Å². The second kappa shape index (κ2) is 7.04. The van der Waals surface area contributed by atoms with Crippen molar-refractivity contribution in [2.75, 3.05) is 13.1 Å². The predicted molar refractivity (Wildman–Crippen MR) is 92.9 cm³/mol. The molecule has 0 radical (unpaired) electrons. The lowest BCUT2D eigenvalue weighted by molar-refractivity contribution is -0.125. The molecule has 126 valence electrons. The van der Waals surface area contributed by atoms with Gasteiger partial charge in [0.25, 0.3) is 5.91 Å². The van der Waals surface area contributed by atoms with Crippen molar-refractivity contribution in [3.8, 4) is 0 Å². The van der Waals surface area contributed by atoms with E-state index >= 15 is 0 Å². The Balaban J connectivity index is 1.68. The molecule has 1 saturated heterocycles. The van der Waals surface area contributed by atoms with Crippen LogP contribution in [0.4, 0.5) is 0 Å². The van der Waals surface area contributed by atoms with Gasteiger partial charge in [-0.15, -0.1) is 11.3 Å². The quantitative estimate of drug-likeness (QED) is 0.924. The van der Waals surface area contributed by atoms with Crippen LogP contribution in [0.2, 0.25) is 0 Å². The highest BCUT2D eigenvalue weighted by Gasteiger charge is 2.28. The van der Waals surface area contributed by atoms with Gasteiger partial charge in [-0.3, -0.25) is 9.59 Å². The molecule has 1 aromatic heterocycles. The van der Waals surface area contributed by atoms with Crippen molar-refractivity contribution in [2.45, 2.75) is 58.4 Å². The Kier molecular flexibility index (Phi) is 5.05. The van der Waals surface area contributed by atoms with E-state index in [0.29, 0.717) is 0 Å². The highest BCUT2D eigenvalue weighted by Crippen LogP contribution is 2.33. The highest BCUT2D eigenvalue weighted by molar-refractivity contribution is 7.14. The molecule has 0 saturated carbocycles. The number of hydrogen-bond donors (Lipinski definition) is 1. The number of amides is 2. The van der Waals surface area contributed by atoms with Crippen molar-refractivity contribution < 1.29 is 9.59 Å². The molecule has 2 heterocycles. The van der Waals surface area contributed by atoms with Crippen LogP contribution in [0.1, 0.15) is 59.6 Å². The van der Waals surface area contributed by atoms with E-state index in [2.05, 4.69) is 5.32 Å². The van der Waals surface area contributed by atoms with E-state index in [4.69, 9.17) is 0 Å². The Morgan fingerprint density at radius 3 is 2.70 bits per heavy atom. The van der Waals surface area contributed by atoms with Crippen LogP contribution < -0.4 is 5.32 Å². The Hall–Kier alpha value is -1.36. The van der Waals surface area contributed by atoms with E-state index in [1.807, 2.05) is 24.8 Å². The molecule has 23 heavy (non-hydrogen) atoms. The van der Waals surface area contributed by atoms with Crippen molar-refractivity contribution in [3.63, 3.8) is 0 Å². The molecule has 2 aliphatic rings. The number of likely N-dealkylation sites (tertiary alicyclic amines) is 1. The number of nitrogens with zero attached hydrogens (tertiary/aromatic N) is 1. The first-order valence-corrected chi connectivity index (χ1v) is 9.57. The first kappa shape index (κ1) is 16.5. The van der Waals surface area contributed by atoms with Gasteiger partial charge in [0.15, 0.2) is 0 Å². The third kappa shape index (κ3) is 3.77. The van der Waals surface area contributed by atoms with Gasteiger partial charge in [-0.05, 0) is 64.0 Å². The van der Waals surface area contributed by atoms with E-state index in [1.54, 1.807) is 11.3 Å². The van der Waals surface area contributed by atoms with Crippen LogP contribution in [0.15, 0.2) is 6.07 Å². The molecule has 1 atom stereocenters. The Bertz CT molecular complexity index is 588. The van der Waals surface area contributed by atoms with E-state index in [0.717, 1.165) is 50.1 Å². The minimum absolute atomic E-state index is 0.0532. The average Bonchev–Trinajstić information content (AvgIpc) is 2.97. The summed E-state index contributed by atoms with van der Waals surface area (Å²) >= 11 is 1.64. The second-order valence-electron chi connectivity index (χ2n) is 7.01. The van der Waals surface area contributed by atoms with Crippen molar-refractivity contribution in [1.82, 2.24) is 10.2 Å². The molecule has 1 aromatic rings. The molecule has 0 bridgehead atoms. The van der Waals surface area contributed by atoms with Crippen LogP contribution >= 0.6 is 11.3 Å². The van der Waals surface area contributed by atoms with Gasteiger partial charge in [-0.25, -0.2) is 0 Å². The number of fused-ring (bicyclic) bond motifs is 1. The zero-order chi connectivity index (χ0) is 16.4. The van der Waals surface area contributed by atoms with Gasteiger partial charge in [-0.2, -0.15) is 0 Å². The third-order valence-electron chi connectivity index (χ3n) is 4.74. The summed E-state index contributed by atoms with van der Waals surface area (Å²) in [6.07, 6.45) is 6.06. The normalized spacial score (nSPS) is 21.2. The largest absolute Gasteiger partial charge is 0.354 e. The maximum atomic E-state index is 12.6. The number of nitrogens with one attached hydrogen (secondary N) is 1. The summed E-state index contributed by atoms with van der Waals surface area (Å²) in [5, 5.41) is 3.01. The molecule has 5 heteroatoms. The third-order valence-corrected chi connectivity index (χ3v) is 5.96. The smallest absolute Gasteiger partial charge is 0.263 e. The standard InChI is InChI=1S/C18H26N2O2S/c1-12(2)19-17(21)13-6-7-15-14(10-13)11-16(23-15)18(22)20-8-4-3-5-9-20/h11-13H,3-10H2,1-2H3,(H,19,21). The van der Waals surface area contributed by atoms with Crippen LogP contribution in [0.3, 0.4) is 0 Å². The van der Waals surface area contributed by atoms with Gasteiger partial charge in [-0.1, -0.05) is 0 Å². The van der Waals surface area contributed by atoms with Crippen LogP contribution in [0.25, 0.3) is 0 Å². The minimum Gasteiger partial charge on any atom is -0.354 e. The van der Waals surface area contributed by atoms with Crippen LogP contribution in [-0.2, 0) is 17.6 Å². The molecular weight excluding hydrogens is 308 g/mol. The van der Waals surface area contributed by atoms with Gasteiger partial charge >= 0.3 is 0 Å². The lowest BCUT2D eigenvalue weighted by Gasteiger charge is -2.26. The van der Waals surface area contributed by atoms with Crippen molar-refractivity contribution in [2.24, 2.45) is 5.92 Å². The zero-order valence-electron chi connectivity index (χ0n) is 14.1. The number of hydrogen-bond acceptors (Lipinski definition) is 3. The topological polar surface area (TPSA) is 49.4 Å². The molecule has 1 unspecified atom stereocenters. The van der Waals surface area contributed by atoms with E-state index in [-0.39, 0.29) is 23.8 Å². The molecule has 2 amide bonds. The lowest BCUT2D eigenvalue weighted by atomic mass is 9.87. The molecule has 1 fully saturated rings. The van der Waals surface area contributed by atoms with E-state index in [9.17, 15) is 9.59 Å².